The largest absolute Gasteiger partial charge is 0.476 e. The lowest BCUT2D eigenvalue weighted by Crippen LogP contribution is -2.10. The van der Waals surface area contributed by atoms with Crippen LogP contribution in [0.2, 0.25) is 0 Å². The number of aromatic nitrogens is 6. The van der Waals surface area contributed by atoms with Crippen LogP contribution in [0, 0.1) is 6.92 Å². The summed E-state index contributed by atoms with van der Waals surface area (Å²) in [6, 6.07) is 0. The van der Waals surface area contributed by atoms with Crippen LogP contribution >= 0.6 is 0 Å². The molecule has 0 bridgehead atoms. The molecule has 1 N–H and O–H groups in total. The number of nitrogens with zero attached hydrogens (tertiary/aromatic N) is 6. The molecule has 2 aromatic heterocycles. The van der Waals surface area contributed by atoms with E-state index in [0.29, 0.717) is 18.1 Å². The standard InChI is InChI=1S/C8H10N6O2/c1-5-7(8(15)16)11-12-14(5)3-6-9-4-10-13(6)2/h4H,3H2,1-2H3,(H,15,16). The number of hydrogen-bond donors (Lipinski definition) is 1. The molecule has 16 heavy (non-hydrogen) atoms. The first-order chi connectivity index (χ1) is 7.59. The van der Waals surface area contributed by atoms with Crippen molar-refractivity contribution in [3.63, 3.8) is 0 Å². The first kappa shape index (κ1) is 10.3. The van der Waals surface area contributed by atoms with Crippen molar-refractivity contribution in [3.8, 4) is 0 Å². The third-order valence-electron chi connectivity index (χ3n) is 2.28. The van der Waals surface area contributed by atoms with Gasteiger partial charge in [0.15, 0.2) is 5.69 Å². The number of hydrogen-bond acceptors (Lipinski definition) is 5. The molecule has 0 amide bonds. The van der Waals surface area contributed by atoms with E-state index in [1.54, 1.807) is 18.7 Å². The van der Waals surface area contributed by atoms with Gasteiger partial charge in [0.05, 0.1) is 5.69 Å². The van der Waals surface area contributed by atoms with Gasteiger partial charge in [0.1, 0.15) is 18.7 Å². The van der Waals surface area contributed by atoms with Crippen molar-refractivity contribution in [3.05, 3.63) is 23.5 Å². The Labute approximate surface area is 90.5 Å². The number of aryl methyl sites for hydroxylation is 1. The van der Waals surface area contributed by atoms with Gasteiger partial charge in [0, 0.05) is 7.05 Å². The highest BCUT2D eigenvalue weighted by Gasteiger charge is 2.15. The third-order valence-corrected chi connectivity index (χ3v) is 2.28. The van der Waals surface area contributed by atoms with E-state index < -0.39 is 5.97 Å². The molecule has 0 aliphatic rings. The quantitative estimate of drug-likeness (QED) is 0.748. The van der Waals surface area contributed by atoms with Crippen molar-refractivity contribution in [2.24, 2.45) is 7.05 Å². The Morgan fingerprint density at radius 3 is 2.81 bits per heavy atom. The van der Waals surface area contributed by atoms with E-state index >= 15 is 0 Å². The lowest BCUT2D eigenvalue weighted by atomic mass is 10.3. The van der Waals surface area contributed by atoms with Crippen LogP contribution in [0.5, 0.6) is 0 Å². The van der Waals surface area contributed by atoms with E-state index in [2.05, 4.69) is 20.4 Å². The summed E-state index contributed by atoms with van der Waals surface area (Å²) in [4.78, 5) is 14.8. The van der Waals surface area contributed by atoms with E-state index in [0.717, 1.165) is 0 Å². The number of carboxylic acids is 1. The fraction of sp³-hybridized carbons (Fsp3) is 0.375. The summed E-state index contributed by atoms with van der Waals surface area (Å²) in [7, 11) is 1.76. The van der Waals surface area contributed by atoms with Gasteiger partial charge >= 0.3 is 5.97 Å². The molecule has 84 valence electrons. The Morgan fingerprint density at radius 2 is 2.31 bits per heavy atom. The molecule has 2 heterocycles. The molecule has 0 fully saturated rings. The zero-order valence-electron chi connectivity index (χ0n) is 8.82. The Hall–Kier alpha value is -2.25. The summed E-state index contributed by atoms with van der Waals surface area (Å²) in [5.41, 5.74) is 0.456. The Morgan fingerprint density at radius 1 is 1.56 bits per heavy atom. The van der Waals surface area contributed by atoms with Gasteiger partial charge in [-0.25, -0.2) is 14.5 Å². The highest BCUT2D eigenvalue weighted by atomic mass is 16.4. The van der Waals surface area contributed by atoms with E-state index in [4.69, 9.17) is 5.11 Å². The van der Waals surface area contributed by atoms with E-state index in [1.807, 2.05) is 0 Å². The average Bonchev–Trinajstić information content (AvgIpc) is 2.76. The van der Waals surface area contributed by atoms with Crippen LogP contribution in [0.1, 0.15) is 22.0 Å². The second-order valence-corrected chi connectivity index (χ2v) is 3.29. The van der Waals surface area contributed by atoms with Crippen LogP contribution in [-0.4, -0.2) is 40.8 Å². The second-order valence-electron chi connectivity index (χ2n) is 3.29. The molecule has 0 spiro atoms. The summed E-state index contributed by atoms with van der Waals surface area (Å²) >= 11 is 0. The minimum Gasteiger partial charge on any atom is -0.476 e. The van der Waals surface area contributed by atoms with Gasteiger partial charge < -0.3 is 5.11 Å². The number of carboxylic acid groups (broad SMARTS) is 1. The van der Waals surface area contributed by atoms with Crippen LogP contribution < -0.4 is 0 Å². The maximum atomic E-state index is 10.8. The van der Waals surface area contributed by atoms with Crippen LogP contribution in [0.25, 0.3) is 0 Å². The van der Waals surface area contributed by atoms with Crippen molar-refractivity contribution < 1.29 is 9.90 Å². The van der Waals surface area contributed by atoms with Crippen LogP contribution in [0.15, 0.2) is 6.33 Å². The molecule has 0 saturated carbocycles. The smallest absolute Gasteiger partial charge is 0.358 e. The lowest BCUT2D eigenvalue weighted by Gasteiger charge is -2.01. The van der Waals surface area contributed by atoms with Gasteiger partial charge in [-0.2, -0.15) is 5.10 Å². The lowest BCUT2D eigenvalue weighted by molar-refractivity contribution is 0.0689. The molecule has 0 saturated heterocycles. The normalized spacial score (nSPS) is 10.6. The molecule has 8 heteroatoms. The SMILES string of the molecule is Cc1c(C(=O)O)nnn1Cc1ncnn1C. The van der Waals surface area contributed by atoms with Crippen LogP contribution in [0.4, 0.5) is 0 Å². The Kier molecular flexibility index (Phi) is 2.39. The zero-order chi connectivity index (χ0) is 11.7. The topological polar surface area (TPSA) is 98.7 Å². The van der Waals surface area contributed by atoms with Gasteiger partial charge in [-0.15, -0.1) is 5.10 Å². The first-order valence-corrected chi connectivity index (χ1v) is 4.56. The fourth-order valence-corrected chi connectivity index (χ4v) is 1.31. The first-order valence-electron chi connectivity index (χ1n) is 4.56. The van der Waals surface area contributed by atoms with E-state index in [1.165, 1.54) is 11.0 Å². The van der Waals surface area contributed by atoms with Crippen molar-refractivity contribution >= 4 is 5.97 Å². The molecule has 2 aromatic rings. The van der Waals surface area contributed by atoms with Gasteiger partial charge in [-0.3, -0.25) is 4.68 Å². The average molecular weight is 222 g/mol. The molecule has 0 aliphatic carbocycles. The molecule has 2 rings (SSSR count). The molecule has 8 nitrogen and oxygen atoms in total. The molecular weight excluding hydrogens is 212 g/mol. The summed E-state index contributed by atoms with van der Waals surface area (Å²) in [6.45, 7) is 2.00. The summed E-state index contributed by atoms with van der Waals surface area (Å²) < 4.78 is 3.08. The summed E-state index contributed by atoms with van der Waals surface area (Å²) in [6.07, 6.45) is 1.43. The zero-order valence-corrected chi connectivity index (χ0v) is 8.82. The van der Waals surface area contributed by atoms with Crippen LogP contribution in [0.3, 0.4) is 0 Å². The number of rotatable bonds is 3. The van der Waals surface area contributed by atoms with Crippen molar-refractivity contribution in [1.82, 2.24) is 29.8 Å². The number of aromatic carboxylic acids is 1. The third kappa shape index (κ3) is 1.64. The van der Waals surface area contributed by atoms with Crippen molar-refractivity contribution in [2.45, 2.75) is 13.5 Å². The fourth-order valence-electron chi connectivity index (χ4n) is 1.31. The highest BCUT2D eigenvalue weighted by Crippen LogP contribution is 2.05. The van der Waals surface area contributed by atoms with E-state index in [9.17, 15) is 4.79 Å². The van der Waals surface area contributed by atoms with Gasteiger partial charge in [-0.05, 0) is 6.92 Å². The van der Waals surface area contributed by atoms with Crippen LogP contribution in [-0.2, 0) is 13.6 Å². The minimum atomic E-state index is -1.08. The molecule has 0 atom stereocenters. The van der Waals surface area contributed by atoms with Gasteiger partial charge in [0.2, 0.25) is 0 Å². The summed E-state index contributed by atoms with van der Waals surface area (Å²) in [5, 5.41) is 20.1. The maximum Gasteiger partial charge on any atom is 0.358 e. The maximum absolute atomic E-state index is 10.8. The van der Waals surface area contributed by atoms with Gasteiger partial charge in [0.25, 0.3) is 0 Å². The molecule has 0 aliphatic heterocycles. The molecular formula is C8H10N6O2. The molecule has 0 aromatic carbocycles. The molecule has 0 radical (unpaired) electrons. The Balaban J connectivity index is 2.29. The Bertz CT molecular complexity index is 528. The minimum absolute atomic E-state index is 0.0397. The summed E-state index contributed by atoms with van der Waals surface area (Å²) in [5.74, 6) is -0.397. The number of carbonyl (C=O) groups is 1. The molecule has 0 unspecified atom stereocenters. The second kappa shape index (κ2) is 3.72. The van der Waals surface area contributed by atoms with E-state index in [-0.39, 0.29) is 5.69 Å². The highest BCUT2D eigenvalue weighted by molar-refractivity contribution is 5.86. The van der Waals surface area contributed by atoms with Crippen molar-refractivity contribution in [2.75, 3.05) is 0 Å². The predicted molar refractivity (Wildman–Crippen MR) is 51.8 cm³/mol. The van der Waals surface area contributed by atoms with Crippen molar-refractivity contribution in [1.29, 1.82) is 0 Å². The predicted octanol–water partition coefficient (Wildman–Crippen LogP) is -0.538. The monoisotopic (exact) mass is 222 g/mol. The van der Waals surface area contributed by atoms with Gasteiger partial charge in [-0.1, -0.05) is 5.21 Å².